The first-order valence-electron chi connectivity index (χ1n) is 5.17. The van der Waals surface area contributed by atoms with Gasteiger partial charge in [-0.15, -0.1) is 0 Å². The predicted octanol–water partition coefficient (Wildman–Crippen LogP) is 1.53. The van der Waals surface area contributed by atoms with Gasteiger partial charge in [0.2, 0.25) is 0 Å². The Morgan fingerprint density at radius 1 is 1.37 bits per heavy atom. The molecule has 0 spiro atoms. The molecule has 0 fully saturated rings. The van der Waals surface area contributed by atoms with E-state index < -0.39 is 29.2 Å². The third-order valence-electron chi connectivity index (χ3n) is 2.38. The van der Waals surface area contributed by atoms with Crippen LogP contribution in [0.3, 0.4) is 0 Å². The molecule has 0 saturated carbocycles. The minimum Gasteiger partial charge on any atom is -0.480 e. The van der Waals surface area contributed by atoms with E-state index in [0.29, 0.717) is 0 Å². The van der Waals surface area contributed by atoms with Crippen molar-refractivity contribution in [3.63, 3.8) is 0 Å². The summed E-state index contributed by atoms with van der Waals surface area (Å²) in [7, 11) is 0. The molecule has 0 aliphatic carbocycles. The molecule has 0 saturated heterocycles. The Kier molecular flexibility index (Phi) is 4.13. The summed E-state index contributed by atoms with van der Waals surface area (Å²) >= 11 is 0. The summed E-state index contributed by atoms with van der Waals surface area (Å²) in [5.41, 5.74) is -4.75. The highest BCUT2D eigenvalue weighted by molar-refractivity contribution is 6.06. The van der Waals surface area contributed by atoms with Crippen molar-refractivity contribution in [3.8, 4) is 0 Å². The average Bonchev–Trinajstić information content (AvgIpc) is 2.29. The molecule has 19 heavy (non-hydrogen) atoms. The van der Waals surface area contributed by atoms with Gasteiger partial charge in [0.05, 0.1) is 12.3 Å². The van der Waals surface area contributed by atoms with Crippen LogP contribution in [0.5, 0.6) is 0 Å². The fourth-order valence-electron chi connectivity index (χ4n) is 1.51. The molecule has 0 bridgehead atoms. The zero-order valence-electron chi connectivity index (χ0n) is 9.77. The van der Waals surface area contributed by atoms with E-state index in [4.69, 9.17) is 5.11 Å². The molecule has 1 heterocycles. The van der Waals surface area contributed by atoms with Crippen molar-refractivity contribution >= 4 is 11.9 Å². The third kappa shape index (κ3) is 2.38. The summed E-state index contributed by atoms with van der Waals surface area (Å²) in [6, 6.07) is 3.28. The number of carbonyl (C=O) groups is 2. The number of pyridine rings is 1. The van der Waals surface area contributed by atoms with Crippen LogP contribution in [0.1, 0.15) is 12.6 Å². The van der Waals surface area contributed by atoms with Crippen LogP contribution >= 0.6 is 0 Å². The summed E-state index contributed by atoms with van der Waals surface area (Å²) in [5.74, 6) is -4.29. The van der Waals surface area contributed by atoms with Crippen molar-refractivity contribution in [3.05, 3.63) is 30.1 Å². The Bertz CT molecular complexity index is 475. The molecule has 0 aliphatic heterocycles. The number of aromatic nitrogens is 1. The number of hydrogen-bond donors (Lipinski definition) is 1. The van der Waals surface area contributed by atoms with Gasteiger partial charge in [-0.2, -0.15) is 13.2 Å². The first-order chi connectivity index (χ1) is 8.78. The molecule has 0 aromatic carbocycles. The van der Waals surface area contributed by atoms with Crippen molar-refractivity contribution in [2.45, 2.75) is 18.5 Å². The van der Waals surface area contributed by atoms with Crippen LogP contribution in [0.2, 0.25) is 0 Å². The van der Waals surface area contributed by atoms with Crippen LogP contribution in [0.25, 0.3) is 0 Å². The molecule has 5 nitrogen and oxygen atoms in total. The van der Waals surface area contributed by atoms with Gasteiger partial charge in [-0.3, -0.25) is 14.6 Å². The molecule has 0 amide bonds. The van der Waals surface area contributed by atoms with Crippen molar-refractivity contribution < 1.29 is 32.6 Å². The van der Waals surface area contributed by atoms with Gasteiger partial charge in [0.1, 0.15) is 0 Å². The lowest BCUT2D eigenvalue weighted by molar-refractivity contribution is -0.217. The number of nitrogens with zero attached hydrogens (tertiary/aromatic N) is 1. The second-order valence-corrected chi connectivity index (χ2v) is 3.49. The van der Waals surface area contributed by atoms with Crippen molar-refractivity contribution in [1.82, 2.24) is 4.98 Å². The summed E-state index contributed by atoms with van der Waals surface area (Å²) in [4.78, 5) is 26.1. The largest absolute Gasteiger partial charge is 0.480 e. The Hall–Kier alpha value is -2.12. The van der Waals surface area contributed by atoms with Gasteiger partial charge in [-0.25, -0.2) is 0 Å². The van der Waals surface area contributed by atoms with E-state index in [-0.39, 0.29) is 6.61 Å². The molecule has 0 aliphatic rings. The Morgan fingerprint density at radius 2 is 2.00 bits per heavy atom. The van der Waals surface area contributed by atoms with E-state index in [0.717, 1.165) is 18.3 Å². The van der Waals surface area contributed by atoms with E-state index in [2.05, 4.69) is 9.72 Å². The minimum absolute atomic E-state index is 0.378. The van der Waals surface area contributed by atoms with Gasteiger partial charge in [-0.05, 0) is 19.1 Å². The highest BCUT2D eigenvalue weighted by Gasteiger charge is 2.70. The van der Waals surface area contributed by atoms with E-state index in [9.17, 15) is 22.8 Å². The maximum Gasteiger partial charge on any atom is 0.421 e. The second-order valence-electron chi connectivity index (χ2n) is 3.49. The summed E-state index contributed by atoms with van der Waals surface area (Å²) in [5, 5.41) is 8.95. The van der Waals surface area contributed by atoms with E-state index in [1.54, 1.807) is 0 Å². The minimum atomic E-state index is -5.38. The van der Waals surface area contributed by atoms with E-state index in [1.807, 2.05) is 0 Å². The normalized spacial score (nSPS) is 14.5. The molecule has 1 atom stereocenters. The van der Waals surface area contributed by atoms with Crippen molar-refractivity contribution in [1.29, 1.82) is 0 Å². The quantitative estimate of drug-likeness (QED) is 0.667. The molecule has 0 radical (unpaired) electrons. The lowest BCUT2D eigenvalue weighted by Gasteiger charge is -2.28. The number of ether oxygens (including phenoxy) is 1. The fraction of sp³-hybridized carbons (Fsp3) is 0.364. The average molecular weight is 277 g/mol. The van der Waals surface area contributed by atoms with Gasteiger partial charge >= 0.3 is 18.1 Å². The lowest BCUT2D eigenvalue weighted by Crippen LogP contribution is -2.56. The predicted molar refractivity (Wildman–Crippen MR) is 56.2 cm³/mol. The Labute approximate surface area is 106 Å². The molecular weight excluding hydrogens is 267 g/mol. The number of carbonyl (C=O) groups excluding carboxylic acids is 1. The van der Waals surface area contributed by atoms with Gasteiger partial charge in [0.15, 0.2) is 0 Å². The van der Waals surface area contributed by atoms with Gasteiger partial charge < -0.3 is 9.84 Å². The third-order valence-corrected chi connectivity index (χ3v) is 2.38. The topological polar surface area (TPSA) is 76.5 Å². The molecular formula is C11H10F3NO4. The van der Waals surface area contributed by atoms with Crippen molar-refractivity contribution in [2.75, 3.05) is 6.61 Å². The molecule has 1 aromatic heterocycles. The van der Waals surface area contributed by atoms with Crippen LogP contribution in [0.4, 0.5) is 13.2 Å². The standard InChI is InChI=1S/C11H10F3NO4/c1-2-19-9(18)10(8(16)17,11(12,13)14)7-5-3-4-6-15-7/h3-6H,2H2,1H3,(H,16,17). The van der Waals surface area contributed by atoms with Gasteiger partial charge in [0, 0.05) is 6.20 Å². The molecule has 8 heteroatoms. The lowest BCUT2D eigenvalue weighted by atomic mass is 9.83. The molecule has 1 unspecified atom stereocenters. The highest BCUT2D eigenvalue weighted by Crippen LogP contribution is 2.41. The number of hydrogen-bond acceptors (Lipinski definition) is 4. The smallest absolute Gasteiger partial charge is 0.421 e. The first-order valence-corrected chi connectivity index (χ1v) is 5.17. The number of carboxylic acid groups (broad SMARTS) is 1. The van der Waals surface area contributed by atoms with Crippen LogP contribution in [0.15, 0.2) is 24.4 Å². The van der Waals surface area contributed by atoms with Crippen LogP contribution < -0.4 is 0 Å². The Morgan fingerprint density at radius 3 is 2.37 bits per heavy atom. The number of esters is 1. The zero-order valence-corrected chi connectivity index (χ0v) is 9.77. The maximum atomic E-state index is 13.2. The number of halogens is 3. The van der Waals surface area contributed by atoms with E-state index in [1.165, 1.54) is 13.0 Å². The number of aliphatic carboxylic acids is 1. The fourth-order valence-corrected chi connectivity index (χ4v) is 1.51. The van der Waals surface area contributed by atoms with E-state index >= 15 is 0 Å². The highest BCUT2D eigenvalue weighted by atomic mass is 19.4. The van der Waals surface area contributed by atoms with Crippen LogP contribution in [-0.2, 0) is 19.7 Å². The summed E-state index contributed by atoms with van der Waals surface area (Å²) in [6.07, 6.45) is -4.41. The van der Waals surface area contributed by atoms with Crippen LogP contribution in [-0.4, -0.2) is 34.8 Å². The molecule has 104 valence electrons. The van der Waals surface area contributed by atoms with Crippen LogP contribution in [0, 0.1) is 0 Å². The molecule has 1 aromatic rings. The Balaban J connectivity index is 3.55. The van der Waals surface area contributed by atoms with Gasteiger partial charge in [0.25, 0.3) is 5.41 Å². The molecule has 1 N–H and O–H groups in total. The monoisotopic (exact) mass is 277 g/mol. The SMILES string of the molecule is CCOC(=O)C(C(=O)O)(c1ccccn1)C(F)(F)F. The number of carboxylic acids is 1. The summed E-state index contributed by atoms with van der Waals surface area (Å²) in [6.45, 7) is 0.899. The summed E-state index contributed by atoms with van der Waals surface area (Å²) < 4.78 is 43.8. The second kappa shape index (κ2) is 5.25. The number of rotatable bonds is 4. The van der Waals surface area contributed by atoms with Gasteiger partial charge in [-0.1, -0.05) is 6.07 Å². The zero-order chi connectivity index (χ0) is 14.7. The number of alkyl halides is 3. The maximum absolute atomic E-state index is 13.2. The first kappa shape index (κ1) is 14.9. The van der Waals surface area contributed by atoms with Crippen molar-refractivity contribution in [2.24, 2.45) is 0 Å². The molecule has 1 rings (SSSR count).